The molecule has 9 nitrogen and oxygen atoms in total. The van der Waals surface area contributed by atoms with Gasteiger partial charge in [-0.1, -0.05) is 31.6 Å². The highest BCUT2D eigenvalue weighted by molar-refractivity contribution is 6.05. The van der Waals surface area contributed by atoms with Crippen molar-refractivity contribution < 1.29 is 14.1 Å². The van der Waals surface area contributed by atoms with Gasteiger partial charge in [-0.15, -0.1) is 0 Å². The van der Waals surface area contributed by atoms with Gasteiger partial charge in [0, 0.05) is 61.8 Å². The molecule has 1 fully saturated rings. The third-order valence-corrected chi connectivity index (χ3v) is 9.24. The van der Waals surface area contributed by atoms with Crippen molar-refractivity contribution in [3.63, 3.8) is 0 Å². The lowest BCUT2D eigenvalue weighted by Crippen LogP contribution is -2.45. The molecular formula is C36H46N7O2+. The van der Waals surface area contributed by atoms with E-state index >= 15 is 0 Å². The topological polar surface area (TPSA) is 69.2 Å². The number of likely N-dealkylation sites (N-methyl/N-ethyl adjacent to an activating group) is 1. The zero-order chi connectivity index (χ0) is 31.7. The number of rotatable bonds is 9. The number of ether oxygens (including phenoxy) is 1. The van der Waals surface area contributed by atoms with Crippen molar-refractivity contribution >= 4 is 29.0 Å². The molecule has 2 aliphatic rings. The van der Waals surface area contributed by atoms with Crippen molar-refractivity contribution in [2.75, 3.05) is 56.6 Å². The Hall–Kier alpha value is -4.21. The molecular weight excluding hydrogens is 562 g/mol. The molecule has 1 saturated heterocycles. The Bertz CT molecular complexity index is 1720. The van der Waals surface area contributed by atoms with Gasteiger partial charge in [-0.2, -0.15) is 4.40 Å². The smallest absolute Gasteiger partial charge is 0.299 e. The Kier molecular flexibility index (Phi) is 8.92. The fourth-order valence-corrected chi connectivity index (χ4v) is 6.24. The molecule has 0 radical (unpaired) electrons. The van der Waals surface area contributed by atoms with Gasteiger partial charge in [0.05, 0.1) is 31.0 Å². The quantitative estimate of drug-likeness (QED) is 0.271. The first kappa shape index (κ1) is 30.8. The molecule has 1 unspecified atom stereocenters. The van der Waals surface area contributed by atoms with Gasteiger partial charge in [-0.25, -0.2) is 4.57 Å². The first-order valence-electron chi connectivity index (χ1n) is 16.1. The van der Waals surface area contributed by atoms with Crippen LogP contribution in [0.3, 0.4) is 0 Å². The Balaban J connectivity index is 1.19. The molecule has 1 N–H and O–H groups in total. The highest BCUT2D eigenvalue weighted by Gasteiger charge is 2.28. The molecule has 45 heavy (non-hydrogen) atoms. The van der Waals surface area contributed by atoms with E-state index in [0.29, 0.717) is 24.8 Å². The Labute approximate surface area is 266 Å². The molecule has 2 aliphatic heterocycles. The number of aromatic nitrogens is 3. The third kappa shape index (κ3) is 6.60. The number of aryl methyl sites for hydroxylation is 1. The summed E-state index contributed by atoms with van der Waals surface area (Å²) in [5, 5.41) is 3.22. The number of carbonyl (C=O) groups is 1. The van der Waals surface area contributed by atoms with Crippen molar-refractivity contribution in [3.8, 4) is 5.75 Å². The number of hydrogen-bond donors (Lipinski definition) is 1. The van der Waals surface area contributed by atoms with Crippen LogP contribution in [0.5, 0.6) is 5.75 Å². The third-order valence-electron chi connectivity index (χ3n) is 9.24. The Morgan fingerprint density at radius 2 is 1.89 bits per heavy atom. The van der Waals surface area contributed by atoms with Crippen LogP contribution in [0, 0.1) is 0 Å². The van der Waals surface area contributed by atoms with Crippen molar-refractivity contribution in [3.05, 3.63) is 89.1 Å². The number of nitrogens with one attached hydrogen (secondary N) is 1. The zero-order valence-electron chi connectivity index (χ0n) is 27.5. The second-order valence-electron chi connectivity index (χ2n) is 12.8. The van der Waals surface area contributed by atoms with Gasteiger partial charge in [0.25, 0.3) is 11.6 Å². The van der Waals surface area contributed by atoms with E-state index in [2.05, 4.69) is 85.1 Å². The van der Waals surface area contributed by atoms with Gasteiger partial charge in [0.2, 0.25) is 5.69 Å². The average Bonchev–Trinajstić information content (AvgIpc) is 3.36. The molecule has 6 rings (SSSR count). The van der Waals surface area contributed by atoms with E-state index in [0.717, 1.165) is 72.4 Å². The summed E-state index contributed by atoms with van der Waals surface area (Å²) in [6.45, 7) is 15.3. The monoisotopic (exact) mass is 608 g/mol. The minimum atomic E-state index is -0.162. The molecule has 0 bridgehead atoms. The molecule has 1 atom stereocenters. The molecule has 0 saturated carbocycles. The normalized spacial score (nSPS) is 17.4. The summed E-state index contributed by atoms with van der Waals surface area (Å²) < 4.78 is 10.0. The molecule has 9 heteroatoms. The van der Waals surface area contributed by atoms with Gasteiger partial charge in [0.1, 0.15) is 24.8 Å². The summed E-state index contributed by atoms with van der Waals surface area (Å²) in [5.74, 6) is 1.01. The van der Waals surface area contributed by atoms with Gasteiger partial charge in [-0.3, -0.25) is 14.7 Å². The number of piperazine rings is 1. The predicted molar refractivity (Wildman–Crippen MR) is 180 cm³/mol. The van der Waals surface area contributed by atoms with Gasteiger partial charge < -0.3 is 19.9 Å². The summed E-state index contributed by atoms with van der Waals surface area (Å²) in [7, 11) is 4.12. The van der Waals surface area contributed by atoms with Crippen LogP contribution in [-0.2, 0) is 13.6 Å². The molecule has 1 amide bonds. The van der Waals surface area contributed by atoms with E-state index in [-0.39, 0.29) is 11.9 Å². The maximum atomic E-state index is 13.8. The van der Waals surface area contributed by atoms with Gasteiger partial charge >= 0.3 is 0 Å². The van der Waals surface area contributed by atoms with E-state index in [1.54, 1.807) is 0 Å². The molecule has 5 heterocycles. The fourth-order valence-electron chi connectivity index (χ4n) is 6.24. The number of benzene rings is 1. The first-order valence-corrected chi connectivity index (χ1v) is 16.1. The molecule has 1 aromatic carbocycles. The van der Waals surface area contributed by atoms with Crippen molar-refractivity contribution in [2.24, 2.45) is 7.05 Å². The summed E-state index contributed by atoms with van der Waals surface area (Å²) in [5.41, 5.74) is 7.72. The predicted octanol–water partition coefficient (Wildman–Crippen LogP) is 4.97. The van der Waals surface area contributed by atoms with Crippen molar-refractivity contribution in [1.29, 1.82) is 0 Å². The lowest BCUT2D eigenvalue weighted by Gasteiger charge is -2.37. The van der Waals surface area contributed by atoms with E-state index in [4.69, 9.17) is 9.72 Å². The lowest BCUT2D eigenvalue weighted by atomic mass is 9.95. The maximum absolute atomic E-state index is 13.8. The number of nitrogens with zero attached hydrogens (tertiary/aromatic N) is 6. The SMILES string of the molecule is CC1=Cc2c(NC(=O)c3c[n+](C)c4cc(OCCN5CCN(C)CC5)ccn34)cccc2N(Cc2cccc(C(C)C)n2)C1C. The van der Waals surface area contributed by atoms with Crippen molar-refractivity contribution in [1.82, 2.24) is 19.2 Å². The Morgan fingerprint density at radius 1 is 1.11 bits per heavy atom. The van der Waals surface area contributed by atoms with Crippen molar-refractivity contribution in [2.45, 2.75) is 46.2 Å². The second-order valence-corrected chi connectivity index (χ2v) is 12.8. The maximum Gasteiger partial charge on any atom is 0.299 e. The molecule has 0 spiro atoms. The standard InChI is InChI=1S/C36H45N7O2/c1-25(2)31-10-7-9-28(37-31)23-43-27(4)26(3)21-30-32(11-8-12-33(30)43)38-36(44)34-24-40(6)35-22-29(13-14-42(34)35)45-20-19-41-17-15-39(5)16-18-41/h7-14,21-22,24-25,27H,15-20,23H2,1-6H3/p+1. The summed E-state index contributed by atoms with van der Waals surface area (Å²) in [4.78, 5) is 25.9. The van der Waals surface area contributed by atoms with Crippen LogP contribution in [0.15, 0.2) is 66.5 Å². The number of amides is 1. The van der Waals surface area contributed by atoms with Crippen LogP contribution >= 0.6 is 0 Å². The highest BCUT2D eigenvalue weighted by Crippen LogP contribution is 2.38. The summed E-state index contributed by atoms with van der Waals surface area (Å²) >= 11 is 0. The van der Waals surface area contributed by atoms with E-state index < -0.39 is 0 Å². The van der Waals surface area contributed by atoms with E-state index in [1.807, 2.05) is 52.7 Å². The molecule has 3 aromatic heterocycles. The number of anilines is 2. The highest BCUT2D eigenvalue weighted by atomic mass is 16.5. The number of hydrogen-bond acceptors (Lipinski definition) is 6. The van der Waals surface area contributed by atoms with Crippen LogP contribution in [0.4, 0.5) is 11.4 Å². The number of fused-ring (bicyclic) bond motifs is 2. The average molecular weight is 609 g/mol. The second kappa shape index (κ2) is 13.0. The van der Waals surface area contributed by atoms with E-state index in [1.165, 1.54) is 5.57 Å². The van der Waals surface area contributed by atoms with Gasteiger partial charge in [0.15, 0.2) is 0 Å². The molecule has 4 aromatic rings. The first-order chi connectivity index (χ1) is 21.7. The fraction of sp³-hybridized carbons (Fsp3) is 0.417. The summed E-state index contributed by atoms with van der Waals surface area (Å²) in [6.07, 6.45) is 5.99. The van der Waals surface area contributed by atoms with E-state index in [9.17, 15) is 4.79 Å². The molecule has 236 valence electrons. The number of pyridine rings is 2. The number of imidazole rings is 1. The van der Waals surface area contributed by atoms with Crippen LogP contribution < -0.4 is 19.5 Å². The minimum Gasteiger partial charge on any atom is -0.492 e. The zero-order valence-corrected chi connectivity index (χ0v) is 27.5. The molecule has 0 aliphatic carbocycles. The van der Waals surface area contributed by atoms with Gasteiger partial charge in [-0.05, 0) is 57.2 Å². The minimum absolute atomic E-state index is 0.162. The van der Waals surface area contributed by atoms with Crippen LogP contribution in [0.1, 0.15) is 61.1 Å². The number of carbonyl (C=O) groups excluding carboxylic acids is 1. The van der Waals surface area contributed by atoms with Crippen LogP contribution in [-0.4, -0.2) is 77.5 Å². The Morgan fingerprint density at radius 3 is 2.67 bits per heavy atom. The van der Waals surface area contributed by atoms with Crippen LogP contribution in [0.25, 0.3) is 11.7 Å². The summed E-state index contributed by atoms with van der Waals surface area (Å²) in [6, 6.07) is 16.6. The largest absolute Gasteiger partial charge is 0.492 e. The lowest BCUT2D eigenvalue weighted by molar-refractivity contribution is -0.644. The van der Waals surface area contributed by atoms with Crippen LogP contribution in [0.2, 0.25) is 0 Å².